The minimum absolute atomic E-state index is 0.0260. The van der Waals surface area contributed by atoms with Gasteiger partial charge in [-0.1, -0.05) is 48.5 Å². The van der Waals surface area contributed by atoms with Gasteiger partial charge in [-0.15, -0.1) is 5.10 Å². The molecule has 5 nitrogen and oxygen atoms in total. The molecule has 0 aliphatic carbocycles. The molecule has 0 spiro atoms. The molecule has 0 bridgehead atoms. The lowest BCUT2D eigenvalue weighted by atomic mass is 9.99. The van der Waals surface area contributed by atoms with E-state index < -0.39 is 5.82 Å². The number of hydrogen-bond acceptors (Lipinski definition) is 3. The third-order valence-corrected chi connectivity index (χ3v) is 4.00. The number of rotatable bonds is 5. The SMILES string of the molecule is Cc1ccc(NC(=O)Cn2cc([C@H](C)c3ccccc3)nn2)c(F)c1. The number of anilines is 1. The van der Waals surface area contributed by atoms with E-state index in [0.29, 0.717) is 0 Å². The lowest BCUT2D eigenvalue weighted by molar-refractivity contribution is -0.116. The lowest BCUT2D eigenvalue weighted by Crippen LogP contribution is -2.19. The summed E-state index contributed by atoms with van der Waals surface area (Å²) in [4.78, 5) is 12.1. The molecule has 25 heavy (non-hydrogen) atoms. The molecule has 2 aromatic carbocycles. The zero-order valence-electron chi connectivity index (χ0n) is 14.1. The van der Waals surface area contributed by atoms with Gasteiger partial charge < -0.3 is 5.32 Å². The normalized spacial score (nSPS) is 12.0. The molecule has 3 aromatic rings. The Morgan fingerprint density at radius 2 is 2.00 bits per heavy atom. The minimum Gasteiger partial charge on any atom is -0.322 e. The van der Waals surface area contributed by atoms with Crippen LogP contribution in [0.4, 0.5) is 10.1 Å². The Bertz CT molecular complexity index is 876. The van der Waals surface area contributed by atoms with Crippen LogP contribution in [0.15, 0.2) is 54.7 Å². The van der Waals surface area contributed by atoms with Gasteiger partial charge in [0.25, 0.3) is 0 Å². The first-order valence-electron chi connectivity index (χ1n) is 8.04. The Kier molecular flexibility index (Phi) is 4.88. The van der Waals surface area contributed by atoms with Gasteiger partial charge in [0, 0.05) is 12.1 Å². The lowest BCUT2D eigenvalue weighted by Gasteiger charge is -2.08. The Balaban J connectivity index is 1.66. The number of carbonyl (C=O) groups excluding carboxylic acids is 1. The maximum absolute atomic E-state index is 13.8. The summed E-state index contributed by atoms with van der Waals surface area (Å²) in [5.74, 6) is -0.732. The minimum atomic E-state index is -0.453. The third kappa shape index (κ3) is 4.09. The van der Waals surface area contributed by atoms with Crippen LogP contribution in [0.25, 0.3) is 0 Å². The average Bonchev–Trinajstić information content (AvgIpc) is 3.06. The van der Waals surface area contributed by atoms with E-state index in [2.05, 4.69) is 15.6 Å². The van der Waals surface area contributed by atoms with Gasteiger partial charge in [0.2, 0.25) is 5.91 Å². The second-order valence-electron chi connectivity index (χ2n) is 6.00. The number of halogens is 1. The second kappa shape index (κ2) is 7.25. The van der Waals surface area contributed by atoms with Crippen LogP contribution in [0.5, 0.6) is 0 Å². The van der Waals surface area contributed by atoms with Crippen LogP contribution in [-0.4, -0.2) is 20.9 Å². The topological polar surface area (TPSA) is 59.8 Å². The number of carbonyl (C=O) groups is 1. The highest BCUT2D eigenvalue weighted by atomic mass is 19.1. The molecular weight excluding hydrogens is 319 g/mol. The molecule has 0 radical (unpaired) electrons. The molecule has 0 aliphatic heterocycles. The molecule has 0 fully saturated rings. The van der Waals surface area contributed by atoms with E-state index >= 15 is 0 Å². The van der Waals surface area contributed by atoms with Crippen molar-refractivity contribution >= 4 is 11.6 Å². The Morgan fingerprint density at radius 1 is 1.24 bits per heavy atom. The van der Waals surface area contributed by atoms with Crippen molar-refractivity contribution in [3.63, 3.8) is 0 Å². The first-order chi connectivity index (χ1) is 12.0. The number of nitrogens with zero attached hydrogens (tertiary/aromatic N) is 3. The van der Waals surface area contributed by atoms with Crippen LogP contribution in [0, 0.1) is 12.7 Å². The Labute approximate surface area is 145 Å². The summed E-state index contributed by atoms with van der Waals surface area (Å²) < 4.78 is 15.3. The summed E-state index contributed by atoms with van der Waals surface area (Å²) in [6, 6.07) is 14.6. The van der Waals surface area contributed by atoms with Crippen molar-refractivity contribution < 1.29 is 9.18 Å². The molecule has 0 saturated heterocycles. The second-order valence-corrected chi connectivity index (χ2v) is 6.00. The van der Waals surface area contributed by atoms with Crippen LogP contribution in [0.2, 0.25) is 0 Å². The van der Waals surface area contributed by atoms with E-state index in [0.717, 1.165) is 16.8 Å². The smallest absolute Gasteiger partial charge is 0.246 e. The van der Waals surface area contributed by atoms with Crippen LogP contribution >= 0.6 is 0 Å². The summed E-state index contributed by atoms with van der Waals surface area (Å²) in [5.41, 5.74) is 2.86. The molecule has 0 aliphatic rings. The molecule has 3 rings (SSSR count). The fraction of sp³-hybridized carbons (Fsp3) is 0.211. The van der Waals surface area contributed by atoms with Crippen LogP contribution in [0.3, 0.4) is 0 Å². The van der Waals surface area contributed by atoms with Crippen molar-refractivity contribution in [1.82, 2.24) is 15.0 Å². The van der Waals surface area contributed by atoms with Gasteiger partial charge >= 0.3 is 0 Å². The number of amides is 1. The highest BCUT2D eigenvalue weighted by Crippen LogP contribution is 2.21. The van der Waals surface area contributed by atoms with Crippen LogP contribution in [-0.2, 0) is 11.3 Å². The molecule has 1 amide bonds. The van der Waals surface area contributed by atoms with Crippen molar-refractivity contribution in [1.29, 1.82) is 0 Å². The van der Waals surface area contributed by atoms with Gasteiger partial charge in [-0.25, -0.2) is 9.07 Å². The fourth-order valence-electron chi connectivity index (χ4n) is 2.56. The molecule has 6 heteroatoms. The number of benzene rings is 2. The average molecular weight is 338 g/mol. The first-order valence-corrected chi connectivity index (χ1v) is 8.04. The van der Waals surface area contributed by atoms with Crippen LogP contribution < -0.4 is 5.32 Å². The summed E-state index contributed by atoms with van der Waals surface area (Å²) in [6.07, 6.45) is 1.74. The van der Waals surface area contributed by atoms with Crippen molar-refractivity contribution in [2.24, 2.45) is 0 Å². The maximum Gasteiger partial charge on any atom is 0.246 e. The summed E-state index contributed by atoms with van der Waals surface area (Å²) in [7, 11) is 0. The summed E-state index contributed by atoms with van der Waals surface area (Å²) in [6.45, 7) is 3.80. The highest BCUT2D eigenvalue weighted by molar-refractivity contribution is 5.90. The van der Waals surface area contributed by atoms with Crippen molar-refractivity contribution in [3.8, 4) is 0 Å². The summed E-state index contributed by atoms with van der Waals surface area (Å²) in [5, 5.41) is 10.7. The molecule has 1 aromatic heterocycles. The van der Waals surface area contributed by atoms with Gasteiger partial charge in [0.05, 0.1) is 11.4 Å². The van der Waals surface area contributed by atoms with E-state index in [1.165, 1.54) is 10.7 Å². The quantitative estimate of drug-likeness (QED) is 0.774. The van der Waals surface area contributed by atoms with E-state index in [1.54, 1.807) is 25.3 Å². The molecule has 1 heterocycles. The van der Waals surface area contributed by atoms with E-state index in [1.807, 2.05) is 37.3 Å². The Hall–Kier alpha value is -3.02. The maximum atomic E-state index is 13.8. The first kappa shape index (κ1) is 16.8. The molecule has 128 valence electrons. The van der Waals surface area contributed by atoms with E-state index in [-0.39, 0.29) is 24.1 Å². The molecule has 1 atom stereocenters. The molecular formula is C19H19FN4O. The predicted molar refractivity (Wildman–Crippen MR) is 93.7 cm³/mol. The monoisotopic (exact) mass is 338 g/mol. The van der Waals surface area contributed by atoms with Crippen molar-refractivity contribution in [2.45, 2.75) is 26.3 Å². The number of nitrogens with one attached hydrogen (secondary N) is 1. The van der Waals surface area contributed by atoms with Crippen LogP contribution in [0.1, 0.15) is 29.7 Å². The van der Waals surface area contributed by atoms with Gasteiger partial charge in [-0.05, 0) is 30.2 Å². The van der Waals surface area contributed by atoms with Crippen molar-refractivity contribution in [2.75, 3.05) is 5.32 Å². The fourth-order valence-corrected chi connectivity index (χ4v) is 2.56. The molecule has 1 N–H and O–H groups in total. The summed E-state index contributed by atoms with van der Waals surface area (Å²) >= 11 is 0. The van der Waals surface area contributed by atoms with Gasteiger partial charge in [-0.3, -0.25) is 4.79 Å². The number of hydrogen-bond donors (Lipinski definition) is 1. The van der Waals surface area contributed by atoms with Gasteiger partial charge in [-0.2, -0.15) is 0 Å². The molecule has 0 saturated carbocycles. The van der Waals surface area contributed by atoms with Gasteiger partial charge in [0.15, 0.2) is 0 Å². The largest absolute Gasteiger partial charge is 0.322 e. The van der Waals surface area contributed by atoms with E-state index in [9.17, 15) is 9.18 Å². The zero-order chi connectivity index (χ0) is 17.8. The predicted octanol–water partition coefficient (Wildman–Crippen LogP) is 3.52. The third-order valence-electron chi connectivity index (χ3n) is 4.00. The van der Waals surface area contributed by atoms with Gasteiger partial charge in [0.1, 0.15) is 12.4 Å². The Morgan fingerprint density at radius 3 is 2.72 bits per heavy atom. The van der Waals surface area contributed by atoms with E-state index in [4.69, 9.17) is 0 Å². The van der Waals surface area contributed by atoms with Crippen molar-refractivity contribution in [3.05, 3.63) is 77.4 Å². The number of aromatic nitrogens is 3. The number of aryl methyl sites for hydroxylation is 1. The highest BCUT2D eigenvalue weighted by Gasteiger charge is 2.14. The standard InChI is InChI=1S/C19H19FN4O/c1-13-8-9-17(16(20)10-13)21-19(25)12-24-11-18(22-23-24)14(2)15-6-4-3-5-7-15/h3-11,14H,12H2,1-2H3,(H,21,25)/t14-/m1/s1. The zero-order valence-corrected chi connectivity index (χ0v) is 14.1. The molecule has 0 unspecified atom stereocenters.